The minimum Gasteiger partial charge on any atom is -0.475 e. The number of anilines is 1. The summed E-state index contributed by atoms with van der Waals surface area (Å²) in [7, 11) is 1.23. The summed E-state index contributed by atoms with van der Waals surface area (Å²) < 4.78 is 36.2. The number of nitrogens with one attached hydrogen (secondary N) is 2. The van der Waals surface area contributed by atoms with Crippen LogP contribution >= 0.6 is 0 Å². The highest BCUT2D eigenvalue weighted by Crippen LogP contribution is 2.24. The van der Waals surface area contributed by atoms with Crippen LogP contribution < -0.4 is 11.1 Å². The molecule has 150 valence electrons. The minimum atomic E-state index is -5.08. The van der Waals surface area contributed by atoms with Crippen molar-refractivity contribution in [1.82, 2.24) is 0 Å². The number of fused-ring (bicyclic) bond motifs is 1. The van der Waals surface area contributed by atoms with E-state index in [9.17, 15) is 22.8 Å². The number of amides is 1. The van der Waals surface area contributed by atoms with E-state index in [4.69, 9.17) is 21.0 Å². The van der Waals surface area contributed by atoms with Crippen molar-refractivity contribution in [3.05, 3.63) is 42.0 Å². The number of esters is 1. The number of carbonyl (C=O) groups excluding carboxylic acids is 2. The number of aliphatic carboxylic acids is 1. The number of nitrogen functional groups attached to an aromatic ring is 1. The van der Waals surface area contributed by atoms with Gasteiger partial charge >= 0.3 is 18.1 Å². The molecule has 2 aromatic carbocycles. The Morgan fingerprint density at radius 3 is 2.32 bits per heavy atom. The Balaban J connectivity index is 0.000000480. The van der Waals surface area contributed by atoms with Crippen molar-refractivity contribution in [1.29, 1.82) is 5.41 Å². The maximum atomic E-state index is 11.8. The molecule has 0 radical (unpaired) electrons. The second-order valence-electron chi connectivity index (χ2n) is 5.26. The average Bonchev–Trinajstić information content (AvgIpc) is 2.61. The van der Waals surface area contributed by atoms with E-state index in [1.54, 1.807) is 24.3 Å². The first-order valence-corrected chi connectivity index (χ1v) is 7.49. The molecule has 0 atom stereocenters. The van der Waals surface area contributed by atoms with E-state index in [0.29, 0.717) is 11.3 Å². The number of nitrogens with two attached hydrogens (primary N) is 1. The first-order chi connectivity index (χ1) is 13.0. The molecular weight excluding hydrogens is 383 g/mol. The zero-order chi connectivity index (χ0) is 21.5. The standard InChI is InChI=1S/C15H15N3O3.C2HF3O2/c1-21-14(20)8-13(19)18-12-4-2-3-9-5-6-10(15(16)17)7-11(9)12;3-2(4,5)1(6)7/h2-7H,8H2,1H3,(H3,16,17)(H,18,19);(H,6,7). The van der Waals surface area contributed by atoms with Crippen LogP contribution in [0.2, 0.25) is 0 Å². The van der Waals surface area contributed by atoms with Gasteiger partial charge in [-0.15, -0.1) is 0 Å². The quantitative estimate of drug-likeness (QED) is 0.269. The number of carboxylic acids is 1. The number of carbonyl (C=O) groups is 3. The third-order valence-electron chi connectivity index (χ3n) is 3.24. The van der Waals surface area contributed by atoms with E-state index in [-0.39, 0.29) is 12.3 Å². The van der Waals surface area contributed by atoms with Crippen molar-refractivity contribution in [2.75, 3.05) is 12.4 Å². The molecule has 11 heteroatoms. The molecule has 2 rings (SSSR count). The molecule has 0 aliphatic heterocycles. The highest BCUT2D eigenvalue weighted by Gasteiger charge is 2.38. The van der Waals surface area contributed by atoms with Crippen LogP contribution in [-0.4, -0.2) is 42.1 Å². The van der Waals surface area contributed by atoms with Gasteiger partial charge in [0.15, 0.2) is 0 Å². The number of ether oxygens (including phenoxy) is 1. The van der Waals surface area contributed by atoms with Crippen LogP contribution in [0.3, 0.4) is 0 Å². The Bertz CT molecular complexity index is 913. The minimum absolute atomic E-state index is 0.0485. The second kappa shape index (κ2) is 9.35. The highest BCUT2D eigenvalue weighted by atomic mass is 19.4. The predicted octanol–water partition coefficient (Wildman–Crippen LogP) is 2.26. The van der Waals surface area contributed by atoms with Crippen LogP contribution in [0.15, 0.2) is 36.4 Å². The molecule has 0 aliphatic rings. The number of halogens is 3. The maximum absolute atomic E-state index is 11.8. The lowest BCUT2D eigenvalue weighted by Gasteiger charge is -2.09. The van der Waals surface area contributed by atoms with E-state index >= 15 is 0 Å². The maximum Gasteiger partial charge on any atom is 0.490 e. The Hall–Kier alpha value is -3.63. The molecule has 0 spiro atoms. The van der Waals surface area contributed by atoms with Gasteiger partial charge in [-0.25, -0.2) is 4.79 Å². The number of hydrogen-bond donors (Lipinski definition) is 4. The molecule has 0 aliphatic carbocycles. The van der Waals surface area contributed by atoms with Gasteiger partial charge in [-0.1, -0.05) is 24.3 Å². The third-order valence-corrected chi connectivity index (χ3v) is 3.24. The molecule has 0 bridgehead atoms. The van der Waals surface area contributed by atoms with Gasteiger partial charge in [-0.05, 0) is 17.5 Å². The van der Waals surface area contributed by atoms with Crippen molar-refractivity contribution < 1.29 is 37.4 Å². The fraction of sp³-hybridized carbons (Fsp3) is 0.176. The molecule has 5 N–H and O–H groups in total. The van der Waals surface area contributed by atoms with E-state index in [0.717, 1.165) is 10.8 Å². The number of methoxy groups -OCH3 is 1. The Morgan fingerprint density at radius 2 is 1.82 bits per heavy atom. The number of benzene rings is 2. The van der Waals surface area contributed by atoms with Crippen molar-refractivity contribution >= 4 is 40.1 Å². The van der Waals surface area contributed by atoms with Gasteiger partial charge in [-0.3, -0.25) is 15.0 Å². The summed E-state index contributed by atoms with van der Waals surface area (Å²) >= 11 is 0. The fourth-order valence-corrected chi connectivity index (χ4v) is 1.95. The molecule has 8 nitrogen and oxygen atoms in total. The zero-order valence-corrected chi connectivity index (χ0v) is 14.5. The summed E-state index contributed by atoms with van der Waals surface area (Å²) in [6, 6.07) is 10.7. The summed E-state index contributed by atoms with van der Waals surface area (Å²) in [5.74, 6) is -3.86. The number of hydrogen-bond acceptors (Lipinski definition) is 5. The summed E-state index contributed by atoms with van der Waals surface area (Å²) in [6.07, 6.45) is -5.43. The number of rotatable bonds is 4. The number of amidine groups is 1. The van der Waals surface area contributed by atoms with Gasteiger partial charge in [0.2, 0.25) is 5.91 Å². The zero-order valence-electron chi connectivity index (χ0n) is 14.5. The topological polar surface area (TPSA) is 143 Å². The predicted molar refractivity (Wildman–Crippen MR) is 93.9 cm³/mol. The van der Waals surface area contributed by atoms with Crippen molar-refractivity contribution in [3.8, 4) is 0 Å². The Labute approximate surface area is 156 Å². The van der Waals surface area contributed by atoms with E-state index < -0.39 is 24.0 Å². The summed E-state index contributed by atoms with van der Waals surface area (Å²) in [5, 5.41) is 18.9. The van der Waals surface area contributed by atoms with Crippen molar-refractivity contribution in [3.63, 3.8) is 0 Å². The molecule has 0 aromatic heterocycles. The van der Waals surface area contributed by atoms with Gasteiger partial charge in [0, 0.05) is 16.6 Å². The molecule has 0 saturated carbocycles. The lowest BCUT2D eigenvalue weighted by Crippen LogP contribution is -2.21. The third kappa shape index (κ3) is 6.59. The van der Waals surface area contributed by atoms with Crippen molar-refractivity contribution in [2.24, 2.45) is 5.73 Å². The van der Waals surface area contributed by atoms with E-state index in [2.05, 4.69) is 10.1 Å². The van der Waals surface area contributed by atoms with Gasteiger partial charge in [0.25, 0.3) is 0 Å². The fourth-order valence-electron chi connectivity index (χ4n) is 1.95. The van der Waals surface area contributed by atoms with E-state index in [1.165, 1.54) is 7.11 Å². The van der Waals surface area contributed by atoms with Crippen molar-refractivity contribution in [2.45, 2.75) is 12.6 Å². The van der Waals surface area contributed by atoms with Crippen LogP contribution in [0.4, 0.5) is 18.9 Å². The van der Waals surface area contributed by atoms with Crippen LogP contribution in [-0.2, 0) is 19.1 Å². The normalized spacial score (nSPS) is 10.4. The Morgan fingerprint density at radius 1 is 1.21 bits per heavy atom. The molecule has 28 heavy (non-hydrogen) atoms. The lowest BCUT2D eigenvalue weighted by atomic mass is 10.0. The lowest BCUT2D eigenvalue weighted by molar-refractivity contribution is -0.192. The van der Waals surface area contributed by atoms with Gasteiger partial charge in [0.1, 0.15) is 12.3 Å². The molecule has 0 saturated heterocycles. The molecule has 0 heterocycles. The van der Waals surface area contributed by atoms with Gasteiger partial charge in [0.05, 0.1) is 7.11 Å². The second-order valence-corrected chi connectivity index (χ2v) is 5.26. The molecule has 0 fully saturated rings. The Kier molecular flexibility index (Phi) is 7.48. The molecule has 1 amide bonds. The number of alkyl halides is 3. The average molecular weight is 399 g/mol. The highest BCUT2D eigenvalue weighted by molar-refractivity contribution is 6.08. The summed E-state index contributed by atoms with van der Waals surface area (Å²) in [5.41, 5.74) is 6.60. The smallest absolute Gasteiger partial charge is 0.475 e. The largest absolute Gasteiger partial charge is 0.490 e. The van der Waals surface area contributed by atoms with Crippen LogP contribution in [0.5, 0.6) is 0 Å². The van der Waals surface area contributed by atoms with Crippen LogP contribution in [0.25, 0.3) is 10.8 Å². The first kappa shape index (κ1) is 22.4. The summed E-state index contributed by atoms with van der Waals surface area (Å²) in [4.78, 5) is 31.8. The molecular formula is C17H16F3N3O5. The molecule has 2 aromatic rings. The number of carboxylic acid groups (broad SMARTS) is 1. The SMILES string of the molecule is COC(=O)CC(=O)Nc1cccc2ccc(C(=N)N)cc12.O=C(O)C(F)(F)F. The van der Waals surface area contributed by atoms with Crippen LogP contribution in [0, 0.1) is 5.41 Å². The monoisotopic (exact) mass is 399 g/mol. The van der Waals surface area contributed by atoms with Gasteiger partial charge < -0.3 is 20.9 Å². The van der Waals surface area contributed by atoms with Gasteiger partial charge in [-0.2, -0.15) is 13.2 Å². The first-order valence-electron chi connectivity index (χ1n) is 7.49. The van der Waals surface area contributed by atoms with E-state index in [1.807, 2.05) is 12.1 Å². The molecule has 0 unspecified atom stereocenters. The van der Waals surface area contributed by atoms with Crippen LogP contribution in [0.1, 0.15) is 12.0 Å². The summed E-state index contributed by atoms with van der Waals surface area (Å²) in [6.45, 7) is 0.